The fraction of sp³-hybridized carbons (Fsp3) is 0.263. The second-order valence-corrected chi connectivity index (χ2v) is 6.26. The zero-order valence-electron chi connectivity index (χ0n) is 12.0. The van der Waals surface area contributed by atoms with Gasteiger partial charge in [-0.3, -0.25) is 0 Å². The summed E-state index contributed by atoms with van der Waals surface area (Å²) in [4.78, 5) is 0. The van der Waals surface area contributed by atoms with E-state index in [0.29, 0.717) is 17.8 Å². The van der Waals surface area contributed by atoms with Crippen LogP contribution in [0.15, 0.2) is 59.2 Å². The molecule has 3 aromatic rings. The van der Waals surface area contributed by atoms with E-state index in [9.17, 15) is 0 Å². The number of benzene rings is 1. The monoisotopic (exact) mass is 275 g/mol. The summed E-state index contributed by atoms with van der Waals surface area (Å²) in [7, 11) is 2.20. The van der Waals surface area contributed by atoms with Crippen LogP contribution < -0.4 is 0 Å². The van der Waals surface area contributed by atoms with Crippen LogP contribution >= 0.6 is 0 Å². The maximum absolute atomic E-state index is 5.80. The van der Waals surface area contributed by atoms with E-state index in [1.807, 2.05) is 6.07 Å². The number of hydrogen-bond donors (Lipinski definition) is 0. The van der Waals surface area contributed by atoms with Gasteiger partial charge in [-0.1, -0.05) is 30.4 Å². The summed E-state index contributed by atoms with van der Waals surface area (Å²) in [5.41, 5.74) is 4.29. The average Bonchev–Trinajstić information content (AvgIpc) is 3.22. The lowest BCUT2D eigenvalue weighted by Crippen LogP contribution is -2.19. The molecule has 21 heavy (non-hydrogen) atoms. The topological polar surface area (TPSA) is 18.1 Å². The highest BCUT2D eigenvalue weighted by Crippen LogP contribution is 2.53. The Labute approximate surface area is 123 Å². The van der Waals surface area contributed by atoms with Crippen LogP contribution in [0.4, 0.5) is 0 Å². The van der Waals surface area contributed by atoms with E-state index in [4.69, 9.17) is 4.42 Å². The smallest absolute Gasteiger partial charge is 0.111 e. The van der Waals surface area contributed by atoms with Gasteiger partial charge in [-0.15, -0.1) is 0 Å². The molecule has 2 aliphatic carbocycles. The molecule has 0 saturated carbocycles. The van der Waals surface area contributed by atoms with Crippen molar-refractivity contribution in [3.05, 3.63) is 71.8 Å². The molecule has 3 atom stereocenters. The molecule has 0 spiro atoms. The Balaban J connectivity index is 1.89. The number of aryl methyl sites for hydroxylation is 1. The normalized spacial score (nSPS) is 26.4. The van der Waals surface area contributed by atoms with Crippen LogP contribution in [0.25, 0.3) is 10.9 Å². The lowest BCUT2D eigenvalue weighted by molar-refractivity contribution is 0.406. The highest BCUT2D eigenvalue weighted by molar-refractivity contribution is 5.87. The van der Waals surface area contributed by atoms with Crippen molar-refractivity contribution >= 4 is 10.9 Å². The summed E-state index contributed by atoms with van der Waals surface area (Å²) in [6.07, 6.45) is 7.80. The van der Waals surface area contributed by atoms with Crippen molar-refractivity contribution in [2.45, 2.75) is 18.3 Å². The van der Waals surface area contributed by atoms with Gasteiger partial charge >= 0.3 is 0 Å². The fourth-order valence-electron chi connectivity index (χ4n) is 4.43. The Kier molecular flexibility index (Phi) is 2.13. The molecule has 2 aliphatic rings. The third-order valence-corrected chi connectivity index (χ3v) is 5.25. The molecular weight excluding hydrogens is 258 g/mol. The number of para-hydroxylation sites is 1. The summed E-state index contributed by atoms with van der Waals surface area (Å²) in [5.74, 6) is 2.59. The first-order valence-electron chi connectivity index (χ1n) is 7.63. The quantitative estimate of drug-likeness (QED) is 0.595. The second kappa shape index (κ2) is 3.91. The maximum Gasteiger partial charge on any atom is 0.111 e. The Hall–Kier alpha value is -2.22. The molecule has 2 heterocycles. The lowest BCUT2D eigenvalue weighted by Gasteiger charge is -2.29. The van der Waals surface area contributed by atoms with Crippen molar-refractivity contribution in [2.75, 3.05) is 0 Å². The Morgan fingerprint density at radius 3 is 2.86 bits per heavy atom. The largest absolute Gasteiger partial charge is 0.469 e. The van der Waals surface area contributed by atoms with Crippen LogP contribution in [0.1, 0.15) is 35.3 Å². The van der Waals surface area contributed by atoms with Gasteiger partial charge in [0.15, 0.2) is 0 Å². The average molecular weight is 275 g/mol. The molecule has 0 saturated heterocycles. The Morgan fingerprint density at radius 2 is 2.00 bits per heavy atom. The predicted molar refractivity (Wildman–Crippen MR) is 83.5 cm³/mol. The van der Waals surface area contributed by atoms with Gasteiger partial charge in [0.25, 0.3) is 0 Å². The summed E-state index contributed by atoms with van der Waals surface area (Å²) >= 11 is 0. The summed E-state index contributed by atoms with van der Waals surface area (Å²) in [5, 5.41) is 1.38. The minimum absolute atomic E-state index is 0.357. The summed E-state index contributed by atoms with van der Waals surface area (Å²) in [6, 6.07) is 12.9. The number of hydrogen-bond acceptors (Lipinski definition) is 1. The van der Waals surface area contributed by atoms with E-state index in [1.54, 1.807) is 6.26 Å². The zero-order chi connectivity index (χ0) is 14.0. The van der Waals surface area contributed by atoms with Gasteiger partial charge in [0, 0.05) is 29.6 Å². The van der Waals surface area contributed by atoms with Gasteiger partial charge in [0.2, 0.25) is 0 Å². The molecule has 1 aromatic carbocycles. The van der Waals surface area contributed by atoms with Crippen molar-refractivity contribution in [1.82, 2.24) is 4.57 Å². The van der Waals surface area contributed by atoms with E-state index < -0.39 is 0 Å². The van der Waals surface area contributed by atoms with E-state index in [-0.39, 0.29) is 0 Å². The standard InChI is InChI=1S/C19H17NO/c1-20-15-6-3-2-5-14(15)18-17(16-7-4-10-21-16)12-8-9-13(11-12)19(18)20/h2-10,12-13,17H,11H2,1H3/t12-,13+,17+/m1/s1. The molecule has 2 heteroatoms. The zero-order valence-corrected chi connectivity index (χ0v) is 12.0. The van der Waals surface area contributed by atoms with Crippen LogP contribution in [0.3, 0.4) is 0 Å². The minimum Gasteiger partial charge on any atom is -0.469 e. The number of nitrogens with zero attached hydrogens (tertiary/aromatic N) is 1. The molecule has 2 bridgehead atoms. The van der Waals surface area contributed by atoms with Crippen LogP contribution in [0, 0.1) is 5.92 Å². The number of aromatic nitrogens is 1. The molecule has 0 radical (unpaired) electrons. The number of rotatable bonds is 1. The molecule has 0 N–H and O–H groups in total. The van der Waals surface area contributed by atoms with Crippen molar-refractivity contribution in [3.8, 4) is 0 Å². The van der Waals surface area contributed by atoms with Gasteiger partial charge in [-0.25, -0.2) is 0 Å². The van der Waals surface area contributed by atoms with Crippen LogP contribution in [0.2, 0.25) is 0 Å². The second-order valence-electron chi connectivity index (χ2n) is 6.26. The molecular formula is C19H17NO. The van der Waals surface area contributed by atoms with E-state index in [0.717, 1.165) is 5.76 Å². The molecule has 0 aliphatic heterocycles. The van der Waals surface area contributed by atoms with E-state index >= 15 is 0 Å². The molecule has 0 amide bonds. The van der Waals surface area contributed by atoms with Crippen molar-refractivity contribution in [2.24, 2.45) is 13.0 Å². The first-order valence-corrected chi connectivity index (χ1v) is 7.63. The maximum atomic E-state index is 5.80. The van der Waals surface area contributed by atoms with Crippen LogP contribution in [-0.4, -0.2) is 4.57 Å². The van der Waals surface area contributed by atoms with Gasteiger partial charge in [-0.05, 0) is 36.1 Å². The first-order chi connectivity index (χ1) is 10.3. The molecule has 0 fully saturated rings. The third-order valence-electron chi connectivity index (χ3n) is 5.25. The molecule has 2 nitrogen and oxygen atoms in total. The van der Waals surface area contributed by atoms with Gasteiger partial charge < -0.3 is 8.98 Å². The summed E-state index contributed by atoms with van der Waals surface area (Å²) in [6.45, 7) is 0. The molecule has 0 unspecified atom stereocenters. The van der Waals surface area contributed by atoms with Gasteiger partial charge in [0.1, 0.15) is 5.76 Å². The van der Waals surface area contributed by atoms with E-state index in [2.05, 4.69) is 54.1 Å². The molecule has 104 valence electrons. The van der Waals surface area contributed by atoms with Gasteiger partial charge in [-0.2, -0.15) is 0 Å². The van der Waals surface area contributed by atoms with Crippen molar-refractivity contribution in [3.63, 3.8) is 0 Å². The van der Waals surface area contributed by atoms with Crippen LogP contribution in [-0.2, 0) is 7.05 Å². The lowest BCUT2D eigenvalue weighted by atomic mass is 9.75. The Morgan fingerprint density at radius 1 is 1.10 bits per heavy atom. The number of allylic oxidation sites excluding steroid dienone is 2. The van der Waals surface area contributed by atoms with Crippen molar-refractivity contribution in [1.29, 1.82) is 0 Å². The van der Waals surface area contributed by atoms with Gasteiger partial charge in [0.05, 0.1) is 12.2 Å². The third kappa shape index (κ3) is 1.37. The highest BCUT2D eigenvalue weighted by atomic mass is 16.3. The number of furan rings is 1. The molecule has 5 rings (SSSR count). The number of fused-ring (bicyclic) bond motifs is 6. The fourth-order valence-corrected chi connectivity index (χ4v) is 4.43. The summed E-state index contributed by atoms with van der Waals surface area (Å²) < 4.78 is 8.18. The molecule has 2 aromatic heterocycles. The van der Waals surface area contributed by atoms with Crippen molar-refractivity contribution < 1.29 is 4.42 Å². The SMILES string of the molecule is Cn1c2c(c3ccccc31)[C@H](c1ccco1)[C@@H]1C=C[C@H]2C1. The highest BCUT2D eigenvalue weighted by Gasteiger charge is 2.41. The first kappa shape index (κ1) is 11.4. The predicted octanol–water partition coefficient (Wildman–Crippen LogP) is 4.58. The Bertz CT molecular complexity index is 853. The van der Waals surface area contributed by atoms with Crippen LogP contribution in [0.5, 0.6) is 0 Å². The minimum atomic E-state index is 0.357. The van der Waals surface area contributed by atoms with E-state index in [1.165, 1.54) is 28.6 Å².